The highest BCUT2D eigenvalue weighted by Crippen LogP contribution is 2.39. The highest BCUT2D eigenvalue weighted by Gasteiger charge is 2.29. The molecule has 0 aliphatic heterocycles. The van der Waals surface area contributed by atoms with E-state index in [2.05, 4.69) is 62.4 Å². The summed E-state index contributed by atoms with van der Waals surface area (Å²) in [5.74, 6) is 2.71. The lowest BCUT2D eigenvalue weighted by molar-refractivity contribution is 0.320. The van der Waals surface area contributed by atoms with Crippen molar-refractivity contribution in [1.82, 2.24) is 9.97 Å². The second-order valence-corrected chi connectivity index (χ2v) is 11.9. The molecule has 2 heterocycles. The largest absolute Gasteiger partial charge is 0.404 e. The molecule has 4 rings (SSSR count). The standard InChI is InChI=1S/C34H49N5.C2H6/c1-6-28-16-17-33(38-25(28)4)30-14-12-27(13-15-30)23-39(26(5)29-10-8-7-9-11-29)34-20-31(18-19-36-34)32(21-35)22-37-24(2)3;1-2/h16-22,24,27,29-30H,5-15,23,35H2,1-4H3;1-2H3/b32-21+,37-22?;. The van der Waals surface area contributed by atoms with E-state index in [1.807, 2.05) is 32.3 Å². The van der Waals surface area contributed by atoms with E-state index in [0.29, 0.717) is 17.8 Å². The first-order valence-corrected chi connectivity index (χ1v) is 16.2. The molecular weight excluding hydrogens is 502 g/mol. The van der Waals surface area contributed by atoms with Crippen molar-refractivity contribution < 1.29 is 0 Å². The fourth-order valence-corrected chi connectivity index (χ4v) is 6.31. The van der Waals surface area contributed by atoms with Gasteiger partial charge in [-0.05, 0) is 107 Å². The zero-order chi connectivity index (χ0) is 29.8. The van der Waals surface area contributed by atoms with Crippen LogP contribution < -0.4 is 10.6 Å². The quantitative estimate of drug-likeness (QED) is 0.296. The summed E-state index contributed by atoms with van der Waals surface area (Å²) in [6.07, 6.45) is 17.7. The van der Waals surface area contributed by atoms with E-state index in [-0.39, 0.29) is 6.04 Å². The van der Waals surface area contributed by atoms with Crippen molar-refractivity contribution in [1.29, 1.82) is 0 Å². The molecule has 0 amide bonds. The number of aliphatic imine (C=N–C) groups is 1. The summed E-state index contributed by atoms with van der Waals surface area (Å²) in [6.45, 7) is 18.2. The molecule has 41 heavy (non-hydrogen) atoms. The predicted octanol–water partition coefficient (Wildman–Crippen LogP) is 9.03. The Morgan fingerprint density at radius 1 is 1.07 bits per heavy atom. The van der Waals surface area contributed by atoms with Crippen LogP contribution in [0.15, 0.2) is 53.9 Å². The Bertz CT molecular complexity index is 1150. The third-order valence-electron chi connectivity index (χ3n) is 8.77. The molecule has 0 saturated heterocycles. The summed E-state index contributed by atoms with van der Waals surface area (Å²) in [7, 11) is 0. The smallest absolute Gasteiger partial charge is 0.133 e. The molecule has 2 fully saturated rings. The van der Waals surface area contributed by atoms with Crippen molar-refractivity contribution in [3.8, 4) is 0 Å². The van der Waals surface area contributed by atoms with Crippen molar-refractivity contribution in [3.05, 3.63) is 71.5 Å². The van der Waals surface area contributed by atoms with Crippen molar-refractivity contribution in [2.24, 2.45) is 22.6 Å². The number of aryl methyl sites for hydroxylation is 2. The van der Waals surface area contributed by atoms with Crippen molar-refractivity contribution >= 4 is 17.6 Å². The van der Waals surface area contributed by atoms with Crippen LogP contribution in [0.3, 0.4) is 0 Å². The van der Waals surface area contributed by atoms with Gasteiger partial charge in [0.1, 0.15) is 5.82 Å². The lowest BCUT2D eigenvalue weighted by Gasteiger charge is -2.37. The predicted molar refractivity (Wildman–Crippen MR) is 177 cm³/mol. The molecule has 5 nitrogen and oxygen atoms in total. The molecule has 2 saturated carbocycles. The average Bonchev–Trinajstić information content (AvgIpc) is 3.01. The van der Waals surface area contributed by atoms with E-state index in [9.17, 15) is 0 Å². The van der Waals surface area contributed by atoms with Gasteiger partial charge in [0.2, 0.25) is 0 Å². The summed E-state index contributed by atoms with van der Waals surface area (Å²) in [4.78, 5) is 16.9. The minimum absolute atomic E-state index is 0.225. The number of hydrogen-bond acceptors (Lipinski definition) is 5. The monoisotopic (exact) mass is 557 g/mol. The first-order chi connectivity index (χ1) is 19.9. The molecule has 0 unspecified atom stereocenters. The average molecular weight is 558 g/mol. The summed E-state index contributed by atoms with van der Waals surface area (Å²) in [6, 6.07) is 8.98. The number of anilines is 1. The maximum absolute atomic E-state index is 6.02. The fourth-order valence-electron chi connectivity index (χ4n) is 6.31. The van der Waals surface area contributed by atoms with Gasteiger partial charge in [0.05, 0.1) is 0 Å². The van der Waals surface area contributed by atoms with Crippen LogP contribution in [-0.4, -0.2) is 28.8 Å². The first kappa shape index (κ1) is 32.6. The van der Waals surface area contributed by atoms with Crippen LogP contribution in [0.4, 0.5) is 5.82 Å². The summed E-state index contributed by atoms with van der Waals surface area (Å²) in [5.41, 5.74) is 13.1. The Labute approximate surface area is 250 Å². The van der Waals surface area contributed by atoms with Gasteiger partial charge in [0.25, 0.3) is 0 Å². The molecule has 224 valence electrons. The molecule has 0 bridgehead atoms. The van der Waals surface area contributed by atoms with Crippen molar-refractivity contribution in [2.45, 2.75) is 118 Å². The van der Waals surface area contributed by atoms with Crippen molar-refractivity contribution in [2.75, 3.05) is 11.4 Å². The van der Waals surface area contributed by atoms with Gasteiger partial charge in [0, 0.05) is 59.8 Å². The van der Waals surface area contributed by atoms with Crippen LogP contribution in [0.2, 0.25) is 0 Å². The van der Waals surface area contributed by atoms with E-state index in [1.54, 1.807) is 6.20 Å². The van der Waals surface area contributed by atoms with Gasteiger partial charge < -0.3 is 10.6 Å². The second-order valence-electron chi connectivity index (χ2n) is 11.9. The lowest BCUT2D eigenvalue weighted by atomic mass is 9.79. The molecule has 0 aromatic carbocycles. The number of pyridine rings is 2. The van der Waals surface area contributed by atoms with Crippen LogP contribution in [0, 0.1) is 18.8 Å². The Morgan fingerprint density at radius 2 is 1.78 bits per heavy atom. The van der Waals surface area contributed by atoms with Gasteiger partial charge in [-0.2, -0.15) is 0 Å². The molecule has 0 radical (unpaired) electrons. The Balaban J connectivity index is 0.00000226. The van der Waals surface area contributed by atoms with Gasteiger partial charge in [-0.3, -0.25) is 9.98 Å². The second kappa shape index (κ2) is 16.5. The van der Waals surface area contributed by atoms with Crippen LogP contribution in [-0.2, 0) is 6.42 Å². The third-order valence-corrected chi connectivity index (χ3v) is 8.77. The minimum Gasteiger partial charge on any atom is -0.404 e. The topological polar surface area (TPSA) is 67.4 Å². The number of nitrogens with zero attached hydrogens (tertiary/aromatic N) is 4. The summed E-state index contributed by atoms with van der Waals surface area (Å²) >= 11 is 0. The van der Waals surface area contributed by atoms with E-state index >= 15 is 0 Å². The molecule has 2 aliphatic rings. The maximum Gasteiger partial charge on any atom is 0.133 e. The summed E-state index contributed by atoms with van der Waals surface area (Å²) < 4.78 is 0. The first-order valence-electron chi connectivity index (χ1n) is 16.2. The highest BCUT2D eigenvalue weighted by atomic mass is 15.2. The number of allylic oxidation sites excluding steroid dienone is 2. The van der Waals surface area contributed by atoms with Crippen molar-refractivity contribution in [3.63, 3.8) is 0 Å². The molecule has 0 atom stereocenters. The van der Waals surface area contributed by atoms with Crippen LogP contribution in [0.25, 0.3) is 5.57 Å². The van der Waals surface area contributed by atoms with E-state index in [1.165, 1.54) is 80.4 Å². The zero-order valence-electron chi connectivity index (χ0n) is 26.7. The van der Waals surface area contributed by atoms with E-state index in [4.69, 9.17) is 15.7 Å². The Morgan fingerprint density at radius 3 is 2.39 bits per heavy atom. The van der Waals surface area contributed by atoms with Gasteiger partial charge in [0.15, 0.2) is 0 Å². The highest BCUT2D eigenvalue weighted by molar-refractivity contribution is 6.09. The maximum atomic E-state index is 6.02. The number of nitrogens with two attached hydrogens (primary N) is 1. The fraction of sp³-hybridized carbons (Fsp3) is 0.583. The molecule has 2 aliphatic carbocycles. The summed E-state index contributed by atoms with van der Waals surface area (Å²) in [5, 5.41) is 0. The van der Waals surface area contributed by atoms with E-state index < -0.39 is 0 Å². The normalized spacial score (nSPS) is 20.1. The van der Waals surface area contributed by atoms with Crippen LogP contribution in [0.5, 0.6) is 0 Å². The van der Waals surface area contributed by atoms with Gasteiger partial charge in [-0.15, -0.1) is 0 Å². The molecule has 0 spiro atoms. The SMILES string of the molecule is C=C(C1CCCCC1)N(CC1CCC(c2ccc(CC)c(C)n2)CC1)c1cc(/C(C=NC(C)C)=C/N)ccn1.CC. The lowest BCUT2D eigenvalue weighted by Crippen LogP contribution is -2.34. The molecule has 2 N–H and O–H groups in total. The molecule has 2 aromatic rings. The van der Waals surface area contributed by atoms with Crippen LogP contribution in [0.1, 0.15) is 121 Å². The number of hydrogen-bond donors (Lipinski definition) is 1. The Hall–Kier alpha value is -2.95. The van der Waals surface area contributed by atoms with Gasteiger partial charge in [-0.1, -0.05) is 52.7 Å². The van der Waals surface area contributed by atoms with E-state index in [0.717, 1.165) is 29.9 Å². The Kier molecular flexibility index (Phi) is 13.1. The zero-order valence-corrected chi connectivity index (χ0v) is 26.7. The third kappa shape index (κ3) is 9.02. The van der Waals surface area contributed by atoms with Crippen LogP contribution >= 0.6 is 0 Å². The molecule has 2 aromatic heterocycles. The number of rotatable bonds is 10. The molecule has 5 heteroatoms. The van der Waals surface area contributed by atoms with Gasteiger partial charge >= 0.3 is 0 Å². The minimum atomic E-state index is 0.225. The van der Waals surface area contributed by atoms with Gasteiger partial charge in [-0.25, -0.2) is 4.98 Å². The molecular formula is C36H55N5. The number of aromatic nitrogens is 2.